The highest BCUT2D eigenvalue weighted by atomic mass is 16.5. The third kappa shape index (κ3) is 5.35. The molecule has 3 aromatic carbocycles. The number of benzene rings is 3. The van der Waals surface area contributed by atoms with Crippen molar-refractivity contribution in [2.24, 2.45) is 5.10 Å². The normalized spacial score (nSPS) is 11.5. The Bertz CT molecular complexity index is 1900. The summed E-state index contributed by atoms with van der Waals surface area (Å²) < 4.78 is 14.3. The fourth-order valence-electron chi connectivity index (χ4n) is 5.24. The maximum atomic E-state index is 13.8. The van der Waals surface area contributed by atoms with Crippen LogP contribution < -0.4 is 15.0 Å². The van der Waals surface area contributed by atoms with E-state index in [1.165, 1.54) is 11.6 Å². The molecule has 0 radical (unpaired) electrons. The van der Waals surface area contributed by atoms with Crippen LogP contribution in [0.1, 0.15) is 54.8 Å². The lowest BCUT2D eigenvalue weighted by atomic mass is 9.96. The summed E-state index contributed by atoms with van der Waals surface area (Å²) >= 11 is 0. The molecule has 0 N–H and O–H groups in total. The molecule has 0 saturated carbocycles. The molecule has 0 aliphatic carbocycles. The summed E-state index contributed by atoms with van der Waals surface area (Å²) in [4.78, 5) is 30.0. The molecule has 0 fully saturated rings. The van der Waals surface area contributed by atoms with Crippen LogP contribution in [0.2, 0.25) is 0 Å². The number of methoxy groups -OCH3 is 1. The predicted molar refractivity (Wildman–Crippen MR) is 166 cm³/mol. The SMILES string of the molecule is COc1cc(C)c(-c2nc3ccccc3c(=O)n2N=Cc2cc(C)n(-c3ccc(OC(C)=O)cc3)c2C)cc1C(C)C. The zero-order valence-corrected chi connectivity index (χ0v) is 24.9. The minimum atomic E-state index is -0.363. The van der Waals surface area contributed by atoms with Crippen molar-refractivity contribution >= 4 is 23.1 Å². The van der Waals surface area contributed by atoms with Gasteiger partial charge in [-0.1, -0.05) is 26.0 Å². The molecule has 8 nitrogen and oxygen atoms in total. The van der Waals surface area contributed by atoms with E-state index in [1.807, 2.05) is 69.3 Å². The Hall–Kier alpha value is -4.98. The first kappa shape index (κ1) is 28.5. The Morgan fingerprint density at radius 2 is 1.71 bits per heavy atom. The van der Waals surface area contributed by atoms with Crippen molar-refractivity contribution in [2.75, 3.05) is 7.11 Å². The van der Waals surface area contributed by atoms with Crippen molar-refractivity contribution in [1.82, 2.24) is 14.2 Å². The summed E-state index contributed by atoms with van der Waals surface area (Å²) in [5.74, 6) is 1.60. The highest BCUT2D eigenvalue weighted by Gasteiger charge is 2.19. The fraction of sp³-hybridized carbons (Fsp3) is 0.235. The molecule has 0 spiro atoms. The Kier molecular flexibility index (Phi) is 7.81. The first-order valence-electron chi connectivity index (χ1n) is 13.8. The van der Waals surface area contributed by atoms with Crippen LogP contribution in [0.25, 0.3) is 28.0 Å². The maximum absolute atomic E-state index is 13.8. The van der Waals surface area contributed by atoms with Gasteiger partial charge in [0.2, 0.25) is 0 Å². The maximum Gasteiger partial charge on any atom is 0.308 e. The minimum absolute atomic E-state index is 0.205. The van der Waals surface area contributed by atoms with Gasteiger partial charge in [-0.15, -0.1) is 0 Å². The van der Waals surface area contributed by atoms with Gasteiger partial charge in [0.05, 0.1) is 24.2 Å². The molecule has 42 heavy (non-hydrogen) atoms. The number of esters is 1. The molecule has 0 bridgehead atoms. The zero-order chi connectivity index (χ0) is 30.1. The van der Waals surface area contributed by atoms with Crippen molar-refractivity contribution in [3.05, 3.63) is 105 Å². The number of hydrogen-bond donors (Lipinski definition) is 0. The lowest BCUT2D eigenvalue weighted by Gasteiger charge is -2.17. The molecule has 2 aromatic heterocycles. The van der Waals surface area contributed by atoms with E-state index in [4.69, 9.17) is 19.6 Å². The second kappa shape index (κ2) is 11.5. The van der Waals surface area contributed by atoms with Crippen LogP contribution in [-0.4, -0.2) is 33.5 Å². The van der Waals surface area contributed by atoms with Gasteiger partial charge in [0.1, 0.15) is 11.5 Å². The van der Waals surface area contributed by atoms with Gasteiger partial charge in [0.25, 0.3) is 5.56 Å². The summed E-state index contributed by atoms with van der Waals surface area (Å²) in [7, 11) is 1.67. The second-order valence-corrected chi connectivity index (χ2v) is 10.6. The number of fused-ring (bicyclic) bond motifs is 1. The number of hydrogen-bond acceptors (Lipinski definition) is 6. The summed E-state index contributed by atoms with van der Waals surface area (Å²) in [5, 5.41) is 5.22. The minimum Gasteiger partial charge on any atom is -0.496 e. The largest absolute Gasteiger partial charge is 0.496 e. The number of carbonyl (C=O) groups is 1. The quantitative estimate of drug-likeness (QED) is 0.125. The van der Waals surface area contributed by atoms with Crippen LogP contribution in [0.4, 0.5) is 0 Å². The van der Waals surface area contributed by atoms with E-state index >= 15 is 0 Å². The van der Waals surface area contributed by atoms with Crippen LogP contribution in [0.15, 0.2) is 76.6 Å². The Morgan fingerprint density at radius 3 is 2.38 bits per heavy atom. The van der Waals surface area contributed by atoms with Gasteiger partial charge in [-0.25, -0.2) is 4.98 Å². The molecular formula is C34H34N4O4. The van der Waals surface area contributed by atoms with Gasteiger partial charge in [0.15, 0.2) is 5.82 Å². The summed E-state index contributed by atoms with van der Waals surface area (Å²) in [6.07, 6.45) is 1.70. The molecule has 0 aliphatic rings. The molecule has 5 aromatic rings. The second-order valence-electron chi connectivity index (χ2n) is 10.6. The zero-order valence-electron chi connectivity index (χ0n) is 24.9. The molecule has 214 valence electrons. The molecule has 8 heteroatoms. The van der Waals surface area contributed by atoms with Crippen molar-refractivity contribution in [2.45, 2.75) is 47.5 Å². The van der Waals surface area contributed by atoms with E-state index < -0.39 is 0 Å². The molecule has 0 atom stereocenters. The van der Waals surface area contributed by atoms with E-state index in [-0.39, 0.29) is 17.4 Å². The monoisotopic (exact) mass is 562 g/mol. The van der Waals surface area contributed by atoms with Crippen LogP contribution >= 0.6 is 0 Å². The summed E-state index contributed by atoms with van der Waals surface area (Å²) in [6.45, 7) is 11.6. The van der Waals surface area contributed by atoms with Gasteiger partial charge in [0, 0.05) is 35.1 Å². The third-order valence-corrected chi connectivity index (χ3v) is 7.33. The highest BCUT2D eigenvalue weighted by Crippen LogP contribution is 2.34. The molecule has 0 amide bonds. The first-order valence-corrected chi connectivity index (χ1v) is 13.8. The van der Waals surface area contributed by atoms with Gasteiger partial charge in [-0.05, 0) is 92.4 Å². The standard InChI is InChI=1S/C34H34N4O4/c1-20(2)29-18-30(21(3)16-32(29)41-7)33-36-31-11-9-8-10-28(31)34(40)38(33)35-19-25-17-22(4)37(23(25)5)26-12-14-27(15-13-26)42-24(6)39/h8-20H,1-7H3. The number of para-hydroxylation sites is 1. The number of aryl methyl sites for hydroxylation is 2. The predicted octanol–water partition coefficient (Wildman–Crippen LogP) is 6.72. The fourth-order valence-corrected chi connectivity index (χ4v) is 5.24. The number of ether oxygens (including phenoxy) is 2. The molecular weight excluding hydrogens is 528 g/mol. The average Bonchev–Trinajstić information content (AvgIpc) is 3.24. The van der Waals surface area contributed by atoms with E-state index in [9.17, 15) is 9.59 Å². The van der Waals surface area contributed by atoms with E-state index in [0.717, 1.165) is 45.1 Å². The number of aromatic nitrogens is 3. The third-order valence-electron chi connectivity index (χ3n) is 7.33. The average molecular weight is 563 g/mol. The van der Waals surface area contributed by atoms with Crippen molar-refractivity contribution in [1.29, 1.82) is 0 Å². The summed E-state index contributed by atoms with van der Waals surface area (Å²) in [6, 6.07) is 20.7. The Morgan fingerprint density at radius 1 is 1.00 bits per heavy atom. The topological polar surface area (TPSA) is 87.7 Å². The number of carbonyl (C=O) groups excluding carboxylic acids is 1. The Balaban J connectivity index is 1.64. The molecule has 0 unspecified atom stereocenters. The molecule has 0 aliphatic heterocycles. The van der Waals surface area contributed by atoms with Crippen molar-refractivity contribution < 1.29 is 14.3 Å². The highest BCUT2D eigenvalue weighted by molar-refractivity contribution is 5.84. The number of rotatable bonds is 7. The van der Waals surface area contributed by atoms with Gasteiger partial charge in [-0.2, -0.15) is 9.78 Å². The lowest BCUT2D eigenvalue weighted by Crippen LogP contribution is -2.21. The van der Waals surface area contributed by atoms with E-state index in [2.05, 4.69) is 18.4 Å². The number of nitrogens with zero attached hydrogens (tertiary/aromatic N) is 4. The van der Waals surface area contributed by atoms with E-state index in [0.29, 0.717) is 22.5 Å². The van der Waals surface area contributed by atoms with Crippen LogP contribution in [0.3, 0.4) is 0 Å². The van der Waals surface area contributed by atoms with Crippen LogP contribution in [-0.2, 0) is 4.79 Å². The summed E-state index contributed by atoms with van der Waals surface area (Å²) in [5.41, 5.74) is 6.85. The van der Waals surface area contributed by atoms with Gasteiger partial charge < -0.3 is 14.0 Å². The van der Waals surface area contributed by atoms with Crippen LogP contribution in [0.5, 0.6) is 11.5 Å². The Labute approximate surface area is 244 Å². The van der Waals surface area contributed by atoms with Crippen molar-refractivity contribution in [3.63, 3.8) is 0 Å². The van der Waals surface area contributed by atoms with Crippen LogP contribution in [0, 0.1) is 20.8 Å². The molecule has 2 heterocycles. The smallest absolute Gasteiger partial charge is 0.308 e. The van der Waals surface area contributed by atoms with Crippen molar-refractivity contribution in [3.8, 4) is 28.6 Å². The van der Waals surface area contributed by atoms with E-state index in [1.54, 1.807) is 31.5 Å². The first-order chi connectivity index (χ1) is 20.1. The van der Waals surface area contributed by atoms with Gasteiger partial charge >= 0.3 is 5.97 Å². The lowest BCUT2D eigenvalue weighted by molar-refractivity contribution is -0.131. The molecule has 0 saturated heterocycles. The molecule has 5 rings (SSSR count). The van der Waals surface area contributed by atoms with Gasteiger partial charge in [-0.3, -0.25) is 9.59 Å².